The molecule has 2 aliphatic rings. The van der Waals surface area contributed by atoms with Crippen LogP contribution in [0.3, 0.4) is 0 Å². The van der Waals surface area contributed by atoms with Crippen molar-refractivity contribution in [3.63, 3.8) is 0 Å². The quantitative estimate of drug-likeness (QED) is 0.585. The Morgan fingerprint density at radius 3 is 2.65 bits per heavy atom. The maximum Gasteiger partial charge on any atom is 0.326 e. The molecule has 0 aromatic carbocycles. The zero-order valence-corrected chi connectivity index (χ0v) is 13.8. The second-order valence-electron chi connectivity index (χ2n) is 6.39. The molecule has 1 saturated heterocycles. The first-order valence-corrected chi connectivity index (χ1v) is 7.78. The van der Waals surface area contributed by atoms with Crippen LogP contribution in [-0.4, -0.2) is 66.4 Å². The lowest BCUT2D eigenvalue weighted by molar-refractivity contribution is -0.153. The molecular weight excluding hydrogens is 302 g/mol. The molecule has 0 aromatic rings. The van der Waals surface area contributed by atoms with E-state index in [1.807, 2.05) is 6.92 Å². The van der Waals surface area contributed by atoms with Gasteiger partial charge < -0.3 is 15.0 Å². The molecular formula is C15H23N3O5. The van der Waals surface area contributed by atoms with E-state index in [1.165, 1.54) is 4.90 Å². The third kappa shape index (κ3) is 3.30. The number of urea groups is 1. The molecule has 0 radical (unpaired) electrons. The van der Waals surface area contributed by atoms with Crippen LogP contribution in [0.5, 0.6) is 0 Å². The van der Waals surface area contributed by atoms with E-state index in [-0.39, 0.29) is 17.7 Å². The molecule has 8 heteroatoms. The fraction of sp³-hybridized carbons (Fsp3) is 0.733. The summed E-state index contributed by atoms with van der Waals surface area (Å²) in [4.78, 5) is 50.1. The number of nitrogens with zero attached hydrogens (tertiary/aromatic N) is 2. The third-order valence-electron chi connectivity index (χ3n) is 4.64. The molecule has 2 atom stereocenters. The van der Waals surface area contributed by atoms with Crippen molar-refractivity contribution in [1.82, 2.24) is 15.1 Å². The van der Waals surface area contributed by atoms with Gasteiger partial charge in [-0.3, -0.25) is 19.3 Å². The summed E-state index contributed by atoms with van der Waals surface area (Å²) in [5, 5.41) is 2.76. The number of ether oxygens (including phenoxy) is 1. The van der Waals surface area contributed by atoms with Crippen LogP contribution in [-0.2, 0) is 19.1 Å². The summed E-state index contributed by atoms with van der Waals surface area (Å²) < 4.78 is 4.82. The Kier molecular flexibility index (Phi) is 4.91. The van der Waals surface area contributed by atoms with Crippen molar-refractivity contribution >= 4 is 23.8 Å². The lowest BCUT2D eigenvalue weighted by atomic mass is 9.73. The fourth-order valence-electron chi connectivity index (χ4n) is 3.09. The Morgan fingerprint density at radius 1 is 1.35 bits per heavy atom. The van der Waals surface area contributed by atoms with Crippen molar-refractivity contribution in [2.75, 3.05) is 27.2 Å². The summed E-state index contributed by atoms with van der Waals surface area (Å²) in [5.41, 5.74) is -0.894. The molecule has 8 nitrogen and oxygen atoms in total. The molecule has 1 heterocycles. The van der Waals surface area contributed by atoms with Crippen LogP contribution in [0.4, 0.5) is 4.79 Å². The van der Waals surface area contributed by atoms with E-state index >= 15 is 0 Å². The first-order valence-electron chi connectivity index (χ1n) is 7.78. The largest absolute Gasteiger partial charge is 0.454 e. The topological polar surface area (TPSA) is 96.0 Å². The van der Waals surface area contributed by atoms with Crippen molar-refractivity contribution in [3.05, 3.63) is 0 Å². The maximum atomic E-state index is 12.6. The summed E-state index contributed by atoms with van der Waals surface area (Å²) in [6.45, 7) is 1.06. The third-order valence-corrected chi connectivity index (χ3v) is 4.64. The number of hydrogen-bond acceptors (Lipinski definition) is 5. The van der Waals surface area contributed by atoms with Gasteiger partial charge in [0.25, 0.3) is 11.8 Å². The van der Waals surface area contributed by atoms with Crippen molar-refractivity contribution in [1.29, 1.82) is 0 Å². The lowest BCUT2D eigenvalue weighted by Gasteiger charge is -2.36. The Morgan fingerprint density at radius 2 is 2.04 bits per heavy atom. The number of imide groups is 1. The molecule has 2 fully saturated rings. The summed E-state index contributed by atoms with van der Waals surface area (Å²) in [6.07, 6.45) is 3.35. The Balaban J connectivity index is 1.98. The highest BCUT2D eigenvalue weighted by molar-refractivity contribution is 6.09. The first kappa shape index (κ1) is 17.2. The normalized spacial score (nSPS) is 27.1. The fourth-order valence-corrected chi connectivity index (χ4v) is 3.09. The standard InChI is InChI=1S/C15H23N3O5/c1-10-6-4-5-7-15(10)13(21)18(14(22)16-15)8-12(20)23-9-11(19)17(2)3/h10H,4-9H2,1-3H3,(H,16,22)/t10-,15+/m1/s1. The van der Waals surface area contributed by atoms with E-state index in [0.717, 1.165) is 24.2 Å². The first-order chi connectivity index (χ1) is 10.8. The Labute approximate surface area is 135 Å². The highest BCUT2D eigenvalue weighted by Crippen LogP contribution is 2.38. The summed E-state index contributed by atoms with van der Waals surface area (Å²) >= 11 is 0. The molecule has 1 N–H and O–H groups in total. The summed E-state index contributed by atoms with van der Waals surface area (Å²) in [6, 6.07) is -0.570. The second-order valence-corrected chi connectivity index (χ2v) is 6.39. The number of amides is 4. The number of esters is 1. The van der Waals surface area contributed by atoms with Gasteiger partial charge in [-0.15, -0.1) is 0 Å². The molecule has 0 aromatic heterocycles. The van der Waals surface area contributed by atoms with E-state index in [2.05, 4.69) is 5.32 Å². The van der Waals surface area contributed by atoms with Gasteiger partial charge in [-0.2, -0.15) is 0 Å². The van der Waals surface area contributed by atoms with E-state index in [1.54, 1.807) is 14.1 Å². The van der Waals surface area contributed by atoms with Crippen LogP contribution in [0.1, 0.15) is 32.6 Å². The van der Waals surface area contributed by atoms with Crippen LogP contribution >= 0.6 is 0 Å². The molecule has 23 heavy (non-hydrogen) atoms. The smallest absolute Gasteiger partial charge is 0.326 e. The predicted octanol–water partition coefficient (Wildman–Crippen LogP) is 0.119. The lowest BCUT2D eigenvalue weighted by Crippen LogP contribution is -2.54. The molecule has 128 valence electrons. The Bertz CT molecular complexity index is 533. The van der Waals surface area contributed by atoms with E-state index < -0.39 is 30.7 Å². The van der Waals surface area contributed by atoms with E-state index in [9.17, 15) is 19.2 Å². The SMILES string of the molecule is C[C@@H]1CCCC[C@]12NC(=O)N(CC(=O)OCC(=O)N(C)C)C2=O. The van der Waals surface area contributed by atoms with Gasteiger partial charge in [-0.1, -0.05) is 19.8 Å². The van der Waals surface area contributed by atoms with Gasteiger partial charge in [0.1, 0.15) is 12.1 Å². The van der Waals surface area contributed by atoms with Gasteiger partial charge in [-0.05, 0) is 18.8 Å². The number of hydrogen-bond donors (Lipinski definition) is 1. The van der Waals surface area contributed by atoms with Gasteiger partial charge in [0, 0.05) is 14.1 Å². The highest BCUT2D eigenvalue weighted by Gasteiger charge is 2.55. The zero-order valence-electron chi connectivity index (χ0n) is 13.8. The van der Waals surface area contributed by atoms with E-state index in [0.29, 0.717) is 6.42 Å². The molecule has 1 aliphatic carbocycles. The van der Waals surface area contributed by atoms with Gasteiger partial charge in [0.15, 0.2) is 6.61 Å². The molecule has 1 spiro atoms. The minimum absolute atomic E-state index is 0.0315. The van der Waals surface area contributed by atoms with Gasteiger partial charge in [0.05, 0.1) is 0 Å². The summed E-state index contributed by atoms with van der Waals surface area (Å²) in [7, 11) is 3.09. The van der Waals surface area contributed by atoms with Gasteiger partial charge >= 0.3 is 12.0 Å². The van der Waals surface area contributed by atoms with Crippen molar-refractivity contribution in [2.24, 2.45) is 5.92 Å². The average molecular weight is 325 g/mol. The predicted molar refractivity (Wildman–Crippen MR) is 80.3 cm³/mol. The average Bonchev–Trinajstić information content (AvgIpc) is 2.73. The van der Waals surface area contributed by atoms with Crippen molar-refractivity contribution in [3.8, 4) is 0 Å². The summed E-state index contributed by atoms with van der Waals surface area (Å²) in [5.74, 6) is -1.48. The molecule has 0 bridgehead atoms. The van der Waals surface area contributed by atoms with Crippen LogP contribution in [0, 0.1) is 5.92 Å². The number of likely N-dealkylation sites (N-methyl/N-ethyl adjacent to an activating group) is 1. The number of carbonyl (C=O) groups is 4. The van der Waals surface area contributed by atoms with Crippen molar-refractivity contribution < 1.29 is 23.9 Å². The number of carbonyl (C=O) groups excluding carboxylic acids is 4. The van der Waals surface area contributed by atoms with Crippen LogP contribution in [0.15, 0.2) is 0 Å². The van der Waals surface area contributed by atoms with Crippen LogP contribution in [0.2, 0.25) is 0 Å². The van der Waals surface area contributed by atoms with E-state index in [4.69, 9.17) is 4.74 Å². The van der Waals surface area contributed by atoms with Gasteiger partial charge in [0.2, 0.25) is 0 Å². The van der Waals surface area contributed by atoms with Crippen LogP contribution < -0.4 is 5.32 Å². The second kappa shape index (κ2) is 6.55. The molecule has 1 saturated carbocycles. The number of nitrogens with one attached hydrogen (secondary N) is 1. The molecule has 1 aliphatic heterocycles. The molecule has 2 rings (SSSR count). The molecule has 4 amide bonds. The monoisotopic (exact) mass is 325 g/mol. The molecule has 0 unspecified atom stereocenters. The highest BCUT2D eigenvalue weighted by atomic mass is 16.5. The minimum Gasteiger partial charge on any atom is -0.454 e. The van der Waals surface area contributed by atoms with Crippen LogP contribution in [0.25, 0.3) is 0 Å². The van der Waals surface area contributed by atoms with Crippen molar-refractivity contribution in [2.45, 2.75) is 38.1 Å². The van der Waals surface area contributed by atoms with Gasteiger partial charge in [-0.25, -0.2) is 4.79 Å². The Hall–Kier alpha value is -2.12. The zero-order chi connectivity index (χ0) is 17.2. The number of rotatable bonds is 4. The minimum atomic E-state index is -0.894. The maximum absolute atomic E-state index is 12.6.